The van der Waals surface area contributed by atoms with Gasteiger partial charge in [0.25, 0.3) is 0 Å². The molecule has 33 heavy (non-hydrogen) atoms. The van der Waals surface area contributed by atoms with Crippen molar-refractivity contribution in [1.82, 2.24) is 4.90 Å². The smallest absolute Gasteiger partial charge is 0.335 e. The second-order valence-corrected chi connectivity index (χ2v) is 8.45. The fourth-order valence-corrected chi connectivity index (χ4v) is 4.39. The largest absolute Gasteiger partial charge is 0.502 e. The molecular formula is C25H30N2O6. The predicted molar refractivity (Wildman–Crippen MR) is 123 cm³/mol. The summed E-state index contributed by atoms with van der Waals surface area (Å²) in [6, 6.07) is 10.5. The van der Waals surface area contributed by atoms with Crippen LogP contribution < -0.4 is 9.47 Å². The van der Waals surface area contributed by atoms with Crippen LogP contribution in [0.3, 0.4) is 0 Å². The number of phenolic OH excluding ortho intramolecular Hbond substituents is 1. The van der Waals surface area contributed by atoms with Crippen molar-refractivity contribution in [2.45, 2.75) is 45.3 Å². The van der Waals surface area contributed by atoms with E-state index in [-0.39, 0.29) is 16.9 Å². The zero-order chi connectivity index (χ0) is 23.4. The number of nitrogens with zero attached hydrogens (tertiary/aromatic N) is 2. The van der Waals surface area contributed by atoms with Crippen LogP contribution in [-0.4, -0.2) is 58.7 Å². The number of hydrogen-bond acceptors (Lipinski definition) is 7. The Labute approximate surface area is 193 Å². The summed E-state index contributed by atoms with van der Waals surface area (Å²) in [5.41, 5.74) is 2.74. The molecule has 4 rings (SSSR count). The maximum atomic E-state index is 11.1. The Morgan fingerprint density at radius 2 is 1.70 bits per heavy atom. The zero-order valence-electron chi connectivity index (χ0n) is 19.0. The van der Waals surface area contributed by atoms with Gasteiger partial charge in [-0.25, -0.2) is 4.79 Å². The van der Waals surface area contributed by atoms with Gasteiger partial charge in [-0.1, -0.05) is 17.3 Å². The van der Waals surface area contributed by atoms with Crippen molar-refractivity contribution >= 4 is 11.7 Å². The van der Waals surface area contributed by atoms with Crippen molar-refractivity contribution in [2.24, 2.45) is 5.16 Å². The SMILES string of the molecule is CCOc1cc(CN2CCC3(CC2)CC(c2ccc(C(=O)O)cc2)=NO3)cc(OCC)c1O. The summed E-state index contributed by atoms with van der Waals surface area (Å²) in [6.07, 6.45) is 2.42. The number of rotatable bonds is 8. The molecule has 176 valence electrons. The van der Waals surface area contributed by atoms with Gasteiger partial charge in [0, 0.05) is 38.9 Å². The van der Waals surface area contributed by atoms with E-state index in [4.69, 9.17) is 19.4 Å². The van der Waals surface area contributed by atoms with Crippen LogP contribution in [0.2, 0.25) is 0 Å². The summed E-state index contributed by atoms with van der Waals surface area (Å²) in [5.74, 6) is -0.0121. The number of carboxylic acids is 1. The molecule has 1 fully saturated rings. The first-order chi connectivity index (χ1) is 15.9. The molecule has 0 amide bonds. The maximum Gasteiger partial charge on any atom is 0.335 e. The number of ether oxygens (including phenoxy) is 2. The fourth-order valence-electron chi connectivity index (χ4n) is 4.39. The molecule has 0 saturated carbocycles. The first-order valence-electron chi connectivity index (χ1n) is 11.4. The summed E-state index contributed by atoms with van der Waals surface area (Å²) in [5, 5.41) is 23.8. The second-order valence-electron chi connectivity index (χ2n) is 8.45. The van der Waals surface area contributed by atoms with E-state index in [1.807, 2.05) is 26.0 Å². The highest BCUT2D eigenvalue weighted by Gasteiger charge is 2.42. The van der Waals surface area contributed by atoms with Gasteiger partial charge in [0.2, 0.25) is 5.75 Å². The van der Waals surface area contributed by atoms with Crippen LogP contribution in [-0.2, 0) is 11.4 Å². The van der Waals surface area contributed by atoms with Crippen molar-refractivity contribution in [3.8, 4) is 17.2 Å². The van der Waals surface area contributed by atoms with Crippen molar-refractivity contribution < 1.29 is 29.3 Å². The molecule has 1 saturated heterocycles. The van der Waals surface area contributed by atoms with Gasteiger partial charge in [0.1, 0.15) is 5.60 Å². The topological polar surface area (TPSA) is 101 Å². The highest BCUT2D eigenvalue weighted by atomic mass is 16.7. The Morgan fingerprint density at radius 3 is 2.24 bits per heavy atom. The number of oxime groups is 1. The average molecular weight is 455 g/mol. The zero-order valence-corrected chi connectivity index (χ0v) is 19.0. The summed E-state index contributed by atoms with van der Waals surface area (Å²) in [7, 11) is 0. The van der Waals surface area contributed by atoms with Gasteiger partial charge >= 0.3 is 5.97 Å². The number of aromatic carboxylic acids is 1. The molecule has 8 nitrogen and oxygen atoms in total. The van der Waals surface area contributed by atoms with E-state index >= 15 is 0 Å². The van der Waals surface area contributed by atoms with Gasteiger partial charge < -0.3 is 24.5 Å². The average Bonchev–Trinajstić information content (AvgIpc) is 3.22. The molecule has 0 aliphatic carbocycles. The molecule has 0 atom stereocenters. The number of phenols is 1. The van der Waals surface area contributed by atoms with E-state index in [0.29, 0.717) is 24.7 Å². The van der Waals surface area contributed by atoms with Gasteiger partial charge in [0.15, 0.2) is 11.5 Å². The Balaban J connectivity index is 1.37. The molecule has 0 aromatic heterocycles. The van der Waals surface area contributed by atoms with Crippen LogP contribution in [0.5, 0.6) is 17.2 Å². The van der Waals surface area contributed by atoms with Crippen molar-refractivity contribution in [3.63, 3.8) is 0 Å². The molecule has 2 aliphatic rings. The first-order valence-corrected chi connectivity index (χ1v) is 11.4. The number of hydrogen-bond donors (Lipinski definition) is 2. The third kappa shape index (κ3) is 5.06. The summed E-state index contributed by atoms with van der Waals surface area (Å²) in [4.78, 5) is 19.3. The Hall–Kier alpha value is -3.26. The van der Waals surface area contributed by atoms with Crippen molar-refractivity contribution in [2.75, 3.05) is 26.3 Å². The fraction of sp³-hybridized carbons (Fsp3) is 0.440. The molecule has 0 unspecified atom stereocenters. The minimum Gasteiger partial charge on any atom is -0.502 e. The lowest BCUT2D eigenvalue weighted by molar-refractivity contribution is -0.0627. The van der Waals surface area contributed by atoms with E-state index in [2.05, 4.69) is 10.1 Å². The number of aromatic hydroxyl groups is 1. The molecule has 2 heterocycles. The lowest BCUT2D eigenvalue weighted by Gasteiger charge is -2.37. The minimum atomic E-state index is -0.939. The molecule has 2 N–H and O–H groups in total. The van der Waals surface area contributed by atoms with Crippen LogP contribution in [0.25, 0.3) is 0 Å². The van der Waals surface area contributed by atoms with E-state index in [1.165, 1.54) is 0 Å². The van der Waals surface area contributed by atoms with Gasteiger partial charge in [-0.3, -0.25) is 4.90 Å². The third-order valence-corrected chi connectivity index (χ3v) is 6.18. The first kappa shape index (κ1) is 22.9. The summed E-state index contributed by atoms with van der Waals surface area (Å²) in [6.45, 7) is 7.14. The standard InChI is InChI=1S/C25H30N2O6/c1-3-31-21-13-17(14-22(23(21)28)32-4-2)16-27-11-9-25(10-12-27)15-20(26-33-25)18-5-7-19(8-6-18)24(29)30/h5-8,13-14,28H,3-4,9-12,15-16H2,1-2H3,(H,29,30). The van der Waals surface area contributed by atoms with Gasteiger partial charge in [-0.05, 0) is 49.2 Å². The van der Waals surface area contributed by atoms with Gasteiger partial charge in [-0.15, -0.1) is 0 Å². The van der Waals surface area contributed by atoms with Crippen LogP contribution in [0.4, 0.5) is 0 Å². The molecule has 2 aliphatic heterocycles. The van der Waals surface area contributed by atoms with Crippen LogP contribution >= 0.6 is 0 Å². The van der Waals surface area contributed by atoms with E-state index in [1.54, 1.807) is 24.3 Å². The van der Waals surface area contributed by atoms with Gasteiger partial charge in [0.05, 0.1) is 24.5 Å². The number of benzene rings is 2. The number of likely N-dealkylation sites (tertiary alicyclic amines) is 1. The maximum absolute atomic E-state index is 11.1. The van der Waals surface area contributed by atoms with Crippen LogP contribution in [0, 0.1) is 0 Å². The van der Waals surface area contributed by atoms with Crippen molar-refractivity contribution in [1.29, 1.82) is 0 Å². The highest BCUT2D eigenvalue weighted by Crippen LogP contribution is 2.39. The van der Waals surface area contributed by atoms with Crippen molar-refractivity contribution in [3.05, 3.63) is 53.1 Å². The molecule has 1 spiro atoms. The molecular weight excluding hydrogens is 424 g/mol. The summed E-state index contributed by atoms with van der Waals surface area (Å²) < 4.78 is 11.2. The molecule has 0 radical (unpaired) electrons. The molecule has 0 bridgehead atoms. The monoisotopic (exact) mass is 454 g/mol. The number of piperidine rings is 1. The normalized spacial score (nSPS) is 17.5. The predicted octanol–water partition coefficient (Wildman–Crippen LogP) is 4.05. The van der Waals surface area contributed by atoms with E-state index in [0.717, 1.165) is 55.7 Å². The number of carboxylic acid groups (broad SMARTS) is 1. The lowest BCUT2D eigenvalue weighted by atomic mass is 9.85. The minimum absolute atomic E-state index is 0.0421. The highest BCUT2D eigenvalue weighted by molar-refractivity contribution is 6.02. The van der Waals surface area contributed by atoms with E-state index in [9.17, 15) is 9.90 Å². The Kier molecular flexibility index (Phi) is 6.74. The molecule has 8 heteroatoms. The number of carbonyl (C=O) groups is 1. The Morgan fingerprint density at radius 1 is 1.09 bits per heavy atom. The second kappa shape index (κ2) is 9.70. The molecule has 2 aromatic rings. The summed E-state index contributed by atoms with van der Waals surface area (Å²) >= 11 is 0. The quantitative estimate of drug-likeness (QED) is 0.621. The van der Waals surface area contributed by atoms with E-state index < -0.39 is 5.97 Å². The van der Waals surface area contributed by atoms with Gasteiger partial charge in [-0.2, -0.15) is 0 Å². The Bertz CT molecular complexity index is 999. The van der Waals surface area contributed by atoms with Crippen LogP contribution in [0.15, 0.2) is 41.6 Å². The molecule has 2 aromatic carbocycles. The third-order valence-electron chi connectivity index (χ3n) is 6.18. The van der Waals surface area contributed by atoms with Crippen LogP contribution in [0.1, 0.15) is 54.6 Å². The lowest BCUT2D eigenvalue weighted by Crippen LogP contribution is -2.44.